The number of hydrogen-bond acceptors (Lipinski definition) is 10. The van der Waals surface area contributed by atoms with Gasteiger partial charge >= 0.3 is 0 Å². The van der Waals surface area contributed by atoms with Crippen LogP contribution in [0.5, 0.6) is 0 Å². The maximum Gasteiger partial charge on any atom is 0.111 e. The third-order valence-corrected chi connectivity index (χ3v) is 13.5. The first-order valence-electron chi connectivity index (χ1n) is 20.0. The largest absolute Gasteiger partial charge is 0.390 e. The van der Waals surface area contributed by atoms with Crippen LogP contribution in [0.2, 0.25) is 0 Å². The minimum atomic E-state index is -0.951. The molecule has 10 heteroatoms. The third kappa shape index (κ3) is 8.21. The van der Waals surface area contributed by atoms with Crippen LogP contribution in [0.3, 0.4) is 0 Å². The fourth-order valence-corrected chi connectivity index (χ4v) is 9.95. The van der Waals surface area contributed by atoms with Gasteiger partial charge in [-0.1, -0.05) is 44.1 Å². The second-order valence-electron chi connectivity index (χ2n) is 18.1. The zero-order chi connectivity index (χ0) is 37.0. The van der Waals surface area contributed by atoms with Crippen molar-refractivity contribution in [3.05, 3.63) is 23.3 Å². The SMILES string of the molecule is CC(=C\CC[C@@H]1O[C@@H]2C[C@@H]3O[C@](C)(C[C@H]4C[C@H](O)[C@@H]5O[C@@H]6C[C@H](O)[C@@H](C)O[C@@]6(C)CC[C@H]5O4)[C@@H](O)CC[C@@]3(C)O[C@H]2[C@@H](O)[C@@H]1C)/C(C)=C/C(C)C. The van der Waals surface area contributed by atoms with E-state index in [-0.39, 0.29) is 48.6 Å². The van der Waals surface area contributed by atoms with E-state index in [0.717, 1.165) is 12.8 Å². The van der Waals surface area contributed by atoms with E-state index >= 15 is 0 Å². The number of hydrogen-bond donors (Lipinski definition) is 4. The van der Waals surface area contributed by atoms with E-state index in [1.165, 1.54) is 11.1 Å². The van der Waals surface area contributed by atoms with Crippen LogP contribution >= 0.6 is 0 Å². The van der Waals surface area contributed by atoms with Gasteiger partial charge in [0.2, 0.25) is 0 Å². The first-order valence-corrected chi connectivity index (χ1v) is 20.0. The zero-order valence-corrected chi connectivity index (χ0v) is 32.6. The minimum Gasteiger partial charge on any atom is -0.390 e. The van der Waals surface area contributed by atoms with Crippen LogP contribution in [0, 0.1) is 11.8 Å². The summed E-state index contributed by atoms with van der Waals surface area (Å²) in [6.45, 7) is 18.7. The molecule has 6 fully saturated rings. The summed E-state index contributed by atoms with van der Waals surface area (Å²) in [6, 6.07) is 0. The Morgan fingerprint density at radius 3 is 2.20 bits per heavy atom. The molecule has 6 saturated heterocycles. The van der Waals surface area contributed by atoms with Crippen LogP contribution in [0.25, 0.3) is 0 Å². The predicted octanol–water partition coefficient (Wildman–Crippen LogP) is 5.31. The molecule has 0 bridgehead atoms. The van der Waals surface area contributed by atoms with E-state index in [9.17, 15) is 20.4 Å². The molecule has 0 amide bonds. The molecule has 6 aliphatic heterocycles. The molecule has 0 spiro atoms. The molecule has 0 aromatic heterocycles. The van der Waals surface area contributed by atoms with Gasteiger partial charge in [0.15, 0.2) is 0 Å². The second kappa shape index (κ2) is 15.3. The van der Waals surface area contributed by atoms with E-state index in [4.69, 9.17) is 28.4 Å². The fraction of sp³-hybridized carbons (Fsp3) is 0.902. The molecule has 0 unspecified atom stereocenters. The topological polar surface area (TPSA) is 136 Å². The van der Waals surface area contributed by atoms with Crippen molar-refractivity contribution in [2.75, 3.05) is 0 Å². The molecule has 4 N–H and O–H groups in total. The average Bonchev–Trinajstić information content (AvgIpc) is 3.24. The maximum atomic E-state index is 11.6. The summed E-state index contributed by atoms with van der Waals surface area (Å²) in [5, 5.41) is 45.1. The number of allylic oxidation sites excluding steroid dienone is 4. The number of ether oxygens (including phenoxy) is 6. The van der Waals surface area contributed by atoms with Gasteiger partial charge in [-0.3, -0.25) is 0 Å². The highest BCUT2D eigenvalue weighted by Crippen LogP contribution is 2.48. The highest BCUT2D eigenvalue weighted by atomic mass is 16.6. The summed E-state index contributed by atoms with van der Waals surface area (Å²) in [5.41, 5.74) is 0.367. The summed E-state index contributed by atoms with van der Waals surface area (Å²) in [5.74, 6) is 0.427. The van der Waals surface area contributed by atoms with Crippen molar-refractivity contribution in [3.63, 3.8) is 0 Å². The molecule has 0 aromatic carbocycles. The van der Waals surface area contributed by atoms with Gasteiger partial charge in [-0.2, -0.15) is 0 Å². The number of aliphatic hydroxyl groups excluding tert-OH is 4. The number of rotatable bonds is 7. The van der Waals surface area contributed by atoms with Crippen LogP contribution in [-0.2, 0) is 28.4 Å². The lowest BCUT2D eigenvalue weighted by molar-refractivity contribution is -0.312. The van der Waals surface area contributed by atoms with Crippen LogP contribution in [0.4, 0.5) is 0 Å². The summed E-state index contributed by atoms with van der Waals surface area (Å²) in [7, 11) is 0. The van der Waals surface area contributed by atoms with E-state index < -0.39 is 53.4 Å². The van der Waals surface area contributed by atoms with Gasteiger partial charge in [-0.05, 0) is 86.0 Å². The van der Waals surface area contributed by atoms with E-state index in [1.54, 1.807) is 0 Å². The van der Waals surface area contributed by atoms with E-state index in [1.807, 2.05) is 27.7 Å². The molecule has 17 atom stereocenters. The molecule has 292 valence electrons. The van der Waals surface area contributed by atoms with E-state index in [0.29, 0.717) is 57.3 Å². The standard InChI is InChI=1S/C41H68O10/c1-22(2)17-24(4)23(3)11-10-12-30-25(5)36(45)38-32(47-30)20-35-40(8,51-38)16-14-33(44)41(9,50-35)21-27-18-29(43)37-31(46-27)13-15-39(7)34(48-37)19-28(42)26(6)49-39/h11,17,22,25-38,42-45H,10,12-16,18-21H2,1-9H3/b23-11+,24-17+/t25-,26-,27-,28+,29+,30+,31-,32-,33+,34-,35+,36+,37+,38-,39+,40-,41-/m1/s1. The Hall–Kier alpha value is -0.920. The van der Waals surface area contributed by atoms with Gasteiger partial charge in [0.1, 0.15) is 12.2 Å². The second-order valence-corrected chi connectivity index (χ2v) is 18.1. The molecular weight excluding hydrogens is 652 g/mol. The van der Waals surface area contributed by atoms with Gasteiger partial charge in [0.05, 0.1) is 83.9 Å². The fourth-order valence-electron chi connectivity index (χ4n) is 9.95. The Morgan fingerprint density at radius 1 is 0.765 bits per heavy atom. The van der Waals surface area contributed by atoms with E-state index in [2.05, 4.69) is 46.8 Å². The zero-order valence-electron chi connectivity index (χ0n) is 32.6. The minimum absolute atomic E-state index is 0.0757. The van der Waals surface area contributed by atoms with Crippen molar-refractivity contribution >= 4 is 0 Å². The molecule has 0 aliphatic carbocycles. The summed E-state index contributed by atoms with van der Waals surface area (Å²) < 4.78 is 39.9. The van der Waals surface area contributed by atoms with Gasteiger partial charge in [0, 0.05) is 31.6 Å². The molecule has 6 heterocycles. The molecule has 0 radical (unpaired) electrons. The molecule has 0 saturated carbocycles. The molecule has 0 aromatic rings. The Labute approximate surface area is 306 Å². The van der Waals surface area contributed by atoms with Gasteiger partial charge < -0.3 is 48.8 Å². The summed E-state index contributed by atoms with van der Waals surface area (Å²) >= 11 is 0. The smallest absolute Gasteiger partial charge is 0.111 e. The Balaban J connectivity index is 1.12. The Kier molecular flexibility index (Phi) is 11.9. The predicted molar refractivity (Wildman–Crippen MR) is 193 cm³/mol. The lowest BCUT2D eigenvalue weighted by Gasteiger charge is -2.54. The van der Waals surface area contributed by atoms with Crippen molar-refractivity contribution in [2.24, 2.45) is 11.8 Å². The summed E-state index contributed by atoms with van der Waals surface area (Å²) in [4.78, 5) is 0. The molecule has 51 heavy (non-hydrogen) atoms. The monoisotopic (exact) mass is 720 g/mol. The quantitative estimate of drug-likeness (QED) is 0.256. The first-order chi connectivity index (χ1) is 23.9. The maximum absolute atomic E-state index is 11.6. The van der Waals surface area contributed by atoms with Crippen molar-refractivity contribution in [2.45, 2.75) is 223 Å². The molecule has 6 rings (SSSR count). The normalized spacial score (nSPS) is 51.1. The van der Waals surface area contributed by atoms with Crippen LogP contribution in [0.15, 0.2) is 23.3 Å². The van der Waals surface area contributed by atoms with Gasteiger partial charge in [-0.25, -0.2) is 0 Å². The van der Waals surface area contributed by atoms with Crippen molar-refractivity contribution in [1.82, 2.24) is 0 Å². The van der Waals surface area contributed by atoms with Gasteiger partial charge in [-0.15, -0.1) is 0 Å². The van der Waals surface area contributed by atoms with Crippen molar-refractivity contribution < 1.29 is 48.8 Å². The average molecular weight is 721 g/mol. The molecular formula is C41H68O10. The first kappa shape index (κ1) is 39.8. The molecule has 10 nitrogen and oxygen atoms in total. The summed E-state index contributed by atoms with van der Waals surface area (Å²) in [6.07, 6.45) is 4.60. The van der Waals surface area contributed by atoms with Crippen molar-refractivity contribution in [1.29, 1.82) is 0 Å². The Bertz CT molecular complexity index is 1270. The van der Waals surface area contributed by atoms with Crippen LogP contribution in [-0.4, -0.2) is 117 Å². The number of aliphatic hydroxyl groups is 4. The van der Waals surface area contributed by atoms with Crippen LogP contribution in [0.1, 0.15) is 127 Å². The van der Waals surface area contributed by atoms with Crippen LogP contribution < -0.4 is 0 Å². The highest BCUT2D eigenvalue weighted by molar-refractivity contribution is 5.27. The lowest BCUT2D eigenvalue weighted by atomic mass is 9.78. The highest BCUT2D eigenvalue weighted by Gasteiger charge is 2.58. The van der Waals surface area contributed by atoms with Crippen molar-refractivity contribution in [3.8, 4) is 0 Å². The molecule has 6 aliphatic rings. The lowest BCUT2D eigenvalue weighted by Crippen LogP contribution is -2.65. The third-order valence-electron chi connectivity index (χ3n) is 13.5. The van der Waals surface area contributed by atoms with Gasteiger partial charge in [0.25, 0.3) is 0 Å². The Morgan fingerprint density at radius 2 is 1.47 bits per heavy atom. The number of fused-ring (bicyclic) bond motifs is 4.